The van der Waals surface area contributed by atoms with Crippen molar-refractivity contribution in [1.82, 2.24) is 9.55 Å². The van der Waals surface area contributed by atoms with Crippen LogP contribution < -0.4 is 10.9 Å². The SMILES string of the molecule is COCCc1nc2sc(C(=O)Nc3ccccc3)c(C)c2c(=O)n1CCOC. The summed E-state index contributed by atoms with van der Waals surface area (Å²) < 4.78 is 11.9. The molecule has 2 aromatic heterocycles. The summed E-state index contributed by atoms with van der Waals surface area (Å²) in [5, 5.41) is 3.36. The minimum Gasteiger partial charge on any atom is -0.384 e. The molecule has 0 bridgehead atoms. The number of methoxy groups -OCH3 is 2. The quantitative estimate of drug-likeness (QED) is 0.628. The second kappa shape index (κ2) is 9.09. The van der Waals surface area contributed by atoms with Crippen LogP contribution in [0.5, 0.6) is 0 Å². The first-order valence-corrected chi connectivity index (χ1v) is 9.75. The van der Waals surface area contributed by atoms with Gasteiger partial charge in [0, 0.05) is 26.3 Å². The van der Waals surface area contributed by atoms with Gasteiger partial charge >= 0.3 is 0 Å². The summed E-state index contributed by atoms with van der Waals surface area (Å²) in [7, 11) is 3.20. The molecule has 0 radical (unpaired) electrons. The summed E-state index contributed by atoms with van der Waals surface area (Å²) in [4.78, 5) is 31.6. The lowest BCUT2D eigenvalue weighted by molar-refractivity contribution is 0.103. The molecule has 0 saturated heterocycles. The Labute approximate surface area is 166 Å². The highest BCUT2D eigenvalue weighted by Gasteiger charge is 2.21. The van der Waals surface area contributed by atoms with Crippen LogP contribution in [0.3, 0.4) is 0 Å². The summed E-state index contributed by atoms with van der Waals surface area (Å²) in [6.07, 6.45) is 0.508. The van der Waals surface area contributed by atoms with Crippen molar-refractivity contribution in [2.24, 2.45) is 0 Å². The maximum atomic E-state index is 13.1. The van der Waals surface area contributed by atoms with Gasteiger partial charge in [-0.2, -0.15) is 0 Å². The van der Waals surface area contributed by atoms with E-state index in [9.17, 15) is 9.59 Å². The fourth-order valence-corrected chi connectivity index (χ4v) is 4.07. The van der Waals surface area contributed by atoms with Crippen LogP contribution >= 0.6 is 11.3 Å². The minimum atomic E-state index is -0.243. The van der Waals surface area contributed by atoms with E-state index in [1.807, 2.05) is 30.3 Å². The number of para-hydroxylation sites is 1. The third-order valence-corrected chi connectivity index (χ3v) is 5.60. The maximum Gasteiger partial charge on any atom is 0.266 e. The van der Waals surface area contributed by atoms with Crippen molar-refractivity contribution in [1.29, 1.82) is 0 Å². The van der Waals surface area contributed by atoms with Gasteiger partial charge in [-0.15, -0.1) is 11.3 Å². The molecule has 0 aliphatic rings. The molecule has 2 heterocycles. The van der Waals surface area contributed by atoms with Crippen LogP contribution in [0.15, 0.2) is 35.1 Å². The number of carbonyl (C=O) groups excluding carboxylic acids is 1. The first-order chi connectivity index (χ1) is 13.6. The number of aromatic nitrogens is 2. The molecule has 0 aliphatic carbocycles. The maximum absolute atomic E-state index is 13.1. The second-order valence-corrected chi connectivity index (χ2v) is 7.28. The first kappa shape index (κ1) is 20.2. The Morgan fingerprint density at radius 2 is 1.89 bits per heavy atom. The Kier molecular flexibility index (Phi) is 6.56. The molecule has 0 aliphatic heterocycles. The number of hydrogen-bond acceptors (Lipinski definition) is 6. The van der Waals surface area contributed by atoms with Gasteiger partial charge in [-0.3, -0.25) is 14.2 Å². The molecular weight excluding hydrogens is 378 g/mol. The van der Waals surface area contributed by atoms with Crippen molar-refractivity contribution in [3.05, 3.63) is 57.0 Å². The number of amides is 1. The van der Waals surface area contributed by atoms with Crippen molar-refractivity contribution >= 4 is 33.1 Å². The predicted molar refractivity (Wildman–Crippen MR) is 110 cm³/mol. The van der Waals surface area contributed by atoms with Gasteiger partial charge in [-0.05, 0) is 24.6 Å². The lowest BCUT2D eigenvalue weighted by Crippen LogP contribution is -2.27. The average molecular weight is 401 g/mol. The second-order valence-electron chi connectivity index (χ2n) is 6.28. The number of thiophene rings is 1. The average Bonchev–Trinajstić information content (AvgIpc) is 3.03. The fourth-order valence-electron chi connectivity index (χ4n) is 2.98. The lowest BCUT2D eigenvalue weighted by Gasteiger charge is -2.11. The number of nitrogens with zero attached hydrogens (tertiary/aromatic N) is 2. The van der Waals surface area contributed by atoms with Gasteiger partial charge in [0.25, 0.3) is 11.5 Å². The van der Waals surface area contributed by atoms with Gasteiger partial charge in [-0.1, -0.05) is 18.2 Å². The van der Waals surface area contributed by atoms with Crippen molar-refractivity contribution in [2.45, 2.75) is 19.9 Å². The summed E-state index contributed by atoms with van der Waals surface area (Å²) in [5.41, 5.74) is 1.20. The molecule has 7 nitrogen and oxygen atoms in total. The molecule has 1 N–H and O–H groups in total. The Bertz CT molecular complexity index is 1030. The number of anilines is 1. The lowest BCUT2D eigenvalue weighted by atomic mass is 10.2. The molecule has 3 aromatic rings. The third-order valence-electron chi connectivity index (χ3n) is 4.42. The number of benzene rings is 1. The molecule has 0 fully saturated rings. The van der Waals surface area contributed by atoms with Gasteiger partial charge in [0.2, 0.25) is 0 Å². The van der Waals surface area contributed by atoms with Crippen LogP contribution in [0.1, 0.15) is 21.1 Å². The monoisotopic (exact) mass is 401 g/mol. The number of fused-ring (bicyclic) bond motifs is 1. The van der Waals surface area contributed by atoms with Crippen LogP contribution in [0.4, 0.5) is 5.69 Å². The van der Waals surface area contributed by atoms with Crippen molar-refractivity contribution in [3.8, 4) is 0 Å². The van der Waals surface area contributed by atoms with Crippen LogP contribution in [0.2, 0.25) is 0 Å². The standard InChI is InChI=1S/C20H23N3O4S/c1-13-16-19(28-17(13)18(24)21-14-7-5-4-6-8-14)22-15(9-11-26-2)23(20(16)25)10-12-27-3/h4-8H,9-12H2,1-3H3,(H,21,24). The Hall–Kier alpha value is -2.55. The van der Waals surface area contributed by atoms with Crippen molar-refractivity contribution in [3.63, 3.8) is 0 Å². The number of carbonyl (C=O) groups is 1. The Morgan fingerprint density at radius 1 is 1.18 bits per heavy atom. The summed E-state index contributed by atoms with van der Waals surface area (Å²) >= 11 is 1.24. The largest absolute Gasteiger partial charge is 0.384 e. The van der Waals surface area contributed by atoms with Gasteiger partial charge in [-0.25, -0.2) is 4.98 Å². The first-order valence-electron chi connectivity index (χ1n) is 8.94. The van der Waals surface area contributed by atoms with E-state index in [0.717, 1.165) is 0 Å². The summed E-state index contributed by atoms with van der Waals surface area (Å²) in [5.74, 6) is 0.389. The fraction of sp³-hybridized carbons (Fsp3) is 0.350. The van der Waals surface area contributed by atoms with Gasteiger partial charge in [0.05, 0.1) is 30.0 Å². The highest BCUT2D eigenvalue weighted by molar-refractivity contribution is 7.20. The number of ether oxygens (including phenoxy) is 2. The molecule has 8 heteroatoms. The zero-order chi connectivity index (χ0) is 20.1. The zero-order valence-electron chi connectivity index (χ0n) is 16.2. The molecule has 148 valence electrons. The molecule has 0 saturated carbocycles. The van der Waals surface area contributed by atoms with Crippen molar-refractivity contribution in [2.75, 3.05) is 32.8 Å². The van der Waals surface area contributed by atoms with Crippen molar-refractivity contribution < 1.29 is 14.3 Å². The molecule has 1 aromatic carbocycles. The molecular formula is C20H23N3O4S. The number of aryl methyl sites for hydroxylation is 1. The Balaban J connectivity index is 2.04. The van der Waals surface area contributed by atoms with E-state index in [1.165, 1.54) is 11.3 Å². The van der Waals surface area contributed by atoms with E-state index in [-0.39, 0.29) is 11.5 Å². The van der Waals surface area contributed by atoms with Gasteiger partial charge < -0.3 is 14.8 Å². The van der Waals surface area contributed by atoms with E-state index in [0.29, 0.717) is 58.3 Å². The summed E-state index contributed by atoms with van der Waals surface area (Å²) in [6, 6.07) is 9.23. The minimum absolute atomic E-state index is 0.152. The Morgan fingerprint density at radius 3 is 2.57 bits per heavy atom. The van der Waals surface area contributed by atoms with Crippen LogP contribution in [-0.4, -0.2) is 42.9 Å². The number of hydrogen-bond donors (Lipinski definition) is 1. The van der Waals surface area contributed by atoms with Crippen LogP contribution in [0.25, 0.3) is 10.2 Å². The smallest absolute Gasteiger partial charge is 0.266 e. The molecule has 0 unspecified atom stereocenters. The molecule has 0 atom stereocenters. The van der Waals surface area contributed by atoms with Crippen LogP contribution in [-0.2, 0) is 22.4 Å². The van der Waals surface area contributed by atoms with Gasteiger partial charge in [0.1, 0.15) is 10.7 Å². The van der Waals surface area contributed by atoms with Crippen LogP contribution in [0, 0.1) is 6.92 Å². The van der Waals surface area contributed by atoms with Gasteiger partial charge in [0.15, 0.2) is 0 Å². The molecule has 0 spiro atoms. The molecule has 28 heavy (non-hydrogen) atoms. The highest BCUT2D eigenvalue weighted by atomic mass is 32.1. The normalized spacial score (nSPS) is 11.1. The van der Waals surface area contributed by atoms with E-state index >= 15 is 0 Å². The van der Waals surface area contributed by atoms with E-state index in [1.54, 1.807) is 25.7 Å². The topological polar surface area (TPSA) is 82.5 Å². The van der Waals surface area contributed by atoms with E-state index < -0.39 is 0 Å². The zero-order valence-corrected chi connectivity index (χ0v) is 17.0. The number of nitrogens with one attached hydrogen (secondary N) is 1. The van der Waals surface area contributed by atoms with E-state index in [4.69, 9.17) is 9.47 Å². The highest BCUT2D eigenvalue weighted by Crippen LogP contribution is 2.28. The molecule has 1 amide bonds. The summed E-state index contributed by atoms with van der Waals surface area (Å²) in [6.45, 7) is 3.05. The molecule has 3 rings (SSSR count). The predicted octanol–water partition coefficient (Wildman–Crippen LogP) is 2.85. The number of rotatable bonds is 8. The van der Waals surface area contributed by atoms with E-state index in [2.05, 4.69) is 10.3 Å². The third kappa shape index (κ3) is 4.14.